The third-order valence-electron chi connectivity index (χ3n) is 5.44. The van der Waals surface area contributed by atoms with Crippen LogP contribution in [0.25, 0.3) is 0 Å². The van der Waals surface area contributed by atoms with Crippen LogP contribution in [0.3, 0.4) is 0 Å². The Morgan fingerprint density at radius 2 is 1.68 bits per heavy atom. The molecule has 0 N–H and O–H groups in total. The summed E-state index contributed by atoms with van der Waals surface area (Å²) in [6.07, 6.45) is 2.38. The topological polar surface area (TPSA) is 24.9 Å². The van der Waals surface area contributed by atoms with Crippen molar-refractivity contribution in [2.45, 2.75) is 31.0 Å². The summed E-state index contributed by atoms with van der Waals surface area (Å²) in [7, 11) is 0. The number of hydrogen-bond acceptors (Lipinski definition) is 4. The minimum Gasteiger partial charge on any atom is -0.381 e. The van der Waals surface area contributed by atoms with E-state index < -0.39 is 0 Å². The van der Waals surface area contributed by atoms with E-state index in [9.17, 15) is 0 Å². The second-order valence-electron chi connectivity index (χ2n) is 6.69. The van der Waals surface area contributed by atoms with Crippen molar-refractivity contribution in [2.75, 3.05) is 46.1 Å². The first-order chi connectivity index (χ1) is 10.9. The molecular weight excluding hydrogens is 276 g/mol. The van der Waals surface area contributed by atoms with Gasteiger partial charge in [-0.15, -0.1) is 0 Å². The highest BCUT2D eigenvalue weighted by atomic mass is 16.5. The molecule has 0 bridgehead atoms. The molecule has 0 radical (unpaired) electrons. The highest BCUT2D eigenvalue weighted by Crippen LogP contribution is 2.30. The number of ether oxygens (including phenoxy) is 2. The van der Waals surface area contributed by atoms with Crippen molar-refractivity contribution >= 4 is 0 Å². The Bertz CT molecular complexity index is 475. The van der Waals surface area contributed by atoms with Gasteiger partial charge in [-0.2, -0.15) is 0 Å². The fourth-order valence-corrected chi connectivity index (χ4v) is 4.21. The lowest BCUT2D eigenvalue weighted by Gasteiger charge is -2.50. The van der Waals surface area contributed by atoms with Crippen LogP contribution < -0.4 is 0 Å². The van der Waals surface area contributed by atoms with E-state index in [1.54, 1.807) is 0 Å². The van der Waals surface area contributed by atoms with Crippen molar-refractivity contribution in [1.29, 1.82) is 0 Å². The Labute approximate surface area is 133 Å². The lowest BCUT2D eigenvalue weighted by molar-refractivity contribution is -0.0953. The molecule has 120 valence electrons. The molecule has 0 unspecified atom stereocenters. The lowest BCUT2D eigenvalue weighted by Crippen LogP contribution is -2.61. The van der Waals surface area contributed by atoms with Gasteiger partial charge in [0.25, 0.3) is 0 Å². The van der Waals surface area contributed by atoms with Crippen LogP contribution >= 0.6 is 0 Å². The van der Waals surface area contributed by atoms with E-state index >= 15 is 0 Å². The summed E-state index contributed by atoms with van der Waals surface area (Å²) in [5.41, 5.74) is 1.40. The van der Waals surface area contributed by atoms with Crippen LogP contribution in [-0.4, -0.2) is 67.9 Å². The zero-order valence-corrected chi connectivity index (χ0v) is 13.2. The van der Waals surface area contributed by atoms with E-state index in [1.807, 2.05) is 0 Å². The quantitative estimate of drug-likeness (QED) is 0.833. The normalized spacial score (nSPS) is 31.8. The second kappa shape index (κ2) is 6.67. The maximum Gasteiger partial charge on any atom is 0.0664 e. The Balaban J connectivity index is 1.45. The van der Waals surface area contributed by atoms with Crippen molar-refractivity contribution in [3.8, 4) is 0 Å². The standard InChI is InChI=1S/C18H26N2O2/c1-2-4-15(5-3-1)18-14-22-13-17-12-19(8-9-20(17)18)16-6-10-21-11-7-16/h1-5,16-18H,6-14H2/t17-,18-/m1/s1. The summed E-state index contributed by atoms with van der Waals surface area (Å²) in [4.78, 5) is 5.36. The first-order valence-electron chi connectivity index (χ1n) is 8.62. The van der Waals surface area contributed by atoms with Crippen LogP contribution in [0.15, 0.2) is 30.3 Å². The Kier molecular flexibility index (Phi) is 4.44. The summed E-state index contributed by atoms with van der Waals surface area (Å²) < 4.78 is 11.5. The fraction of sp³-hybridized carbons (Fsp3) is 0.667. The summed E-state index contributed by atoms with van der Waals surface area (Å²) in [6, 6.07) is 12.5. The molecule has 0 saturated carbocycles. The van der Waals surface area contributed by atoms with Gasteiger partial charge < -0.3 is 9.47 Å². The third-order valence-corrected chi connectivity index (χ3v) is 5.44. The number of fused-ring (bicyclic) bond motifs is 1. The zero-order chi connectivity index (χ0) is 14.8. The molecule has 0 amide bonds. The number of benzene rings is 1. The number of nitrogens with zero attached hydrogens (tertiary/aromatic N) is 2. The van der Waals surface area contributed by atoms with E-state index in [4.69, 9.17) is 9.47 Å². The summed E-state index contributed by atoms with van der Waals surface area (Å²) in [6.45, 7) is 7.06. The molecule has 1 aromatic rings. The van der Waals surface area contributed by atoms with Crippen LogP contribution in [0.2, 0.25) is 0 Å². The molecule has 3 heterocycles. The van der Waals surface area contributed by atoms with Crippen LogP contribution in [0, 0.1) is 0 Å². The zero-order valence-electron chi connectivity index (χ0n) is 13.2. The average Bonchev–Trinajstić information content (AvgIpc) is 2.62. The van der Waals surface area contributed by atoms with Gasteiger partial charge in [-0.1, -0.05) is 30.3 Å². The van der Waals surface area contributed by atoms with Gasteiger partial charge in [-0.05, 0) is 18.4 Å². The molecule has 4 nitrogen and oxygen atoms in total. The van der Waals surface area contributed by atoms with Gasteiger partial charge in [0, 0.05) is 44.9 Å². The Morgan fingerprint density at radius 1 is 0.864 bits per heavy atom. The van der Waals surface area contributed by atoms with Crippen molar-refractivity contribution < 1.29 is 9.47 Å². The highest BCUT2D eigenvalue weighted by molar-refractivity contribution is 5.20. The summed E-state index contributed by atoms with van der Waals surface area (Å²) in [5.74, 6) is 0. The Hall–Kier alpha value is -0.940. The van der Waals surface area contributed by atoms with E-state index in [0.717, 1.165) is 39.5 Å². The van der Waals surface area contributed by atoms with Gasteiger partial charge in [-0.3, -0.25) is 9.80 Å². The van der Waals surface area contributed by atoms with Crippen LogP contribution in [0.4, 0.5) is 0 Å². The highest BCUT2D eigenvalue weighted by Gasteiger charge is 2.38. The monoisotopic (exact) mass is 302 g/mol. The third kappa shape index (κ3) is 2.93. The van der Waals surface area contributed by atoms with Crippen LogP contribution in [-0.2, 0) is 9.47 Å². The molecule has 3 aliphatic rings. The molecule has 2 atom stereocenters. The van der Waals surface area contributed by atoms with Gasteiger partial charge >= 0.3 is 0 Å². The molecule has 0 aliphatic carbocycles. The molecule has 0 spiro atoms. The van der Waals surface area contributed by atoms with Crippen molar-refractivity contribution in [2.24, 2.45) is 0 Å². The molecule has 0 aromatic heterocycles. The lowest BCUT2D eigenvalue weighted by atomic mass is 9.98. The minimum atomic E-state index is 0.428. The van der Waals surface area contributed by atoms with Gasteiger partial charge in [0.2, 0.25) is 0 Å². The van der Waals surface area contributed by atoms with Crippen molar-refractivity contribution in [3.05, 3.63) is 35.9 Å². The maximum absolute atomic E-state index is 5.95. The van der Waals surface area contributed by atoms with Crippen molar-refractivity contribution in [1.82, 2.24) is 9.80 Å². The predicted molar refractivity (Wildman–Crippen MR) is 85.9 cm³/mol. The van der Waals surface area contributed by atoms with Gasteiger partial charge in [-0.25, -0.2) is 0 Å². The van der Waals surface area contributed by atoms with E-state index in [1.165, 1.54) is 24.9 Å². The fourth-order valence-electron chi connectivity index (χ4n) is 4.21. The number of morpholine rings is 1. The number of hydrogen-bond donors (Lipinski definition) is 0. The summed E-state index contributed by atoms with van der Waals surface area (Å²) in [5, 5.41) is 0. The van der Waals surface area contributed by atoms with E-state index in [0.29, 0.717) is 18.1 Å². The average molecular weight is 302 g/mol. The van der Waals surface area contributed by atoms with E-state index in [2.05, 4.69) is 40.1 Å². The van der Waals surface area contributed by atoms with Gasteiger partial charge in [0.1, 0.15) is 0 Å². The molecule has 22 heavy (non-hydrogen) atoms. The number of rotatable bonds is 2. The second-order valence-corrected chi connectivity index (χ2v) is 6.69. The first-order valence-corrected chi connectivity index (χ1v) is 8.62. The first kappa shape index (κ1) is 14.6. The smallest absolute Gasteiger partial charge is 0.0664 e. The molecular formula is C18H26N2O2. The molecule has 1 aromatic carbocycles. The molecule has 4 heteroatoms. The van der Waals surface area contributed by atoms with Gasteiger partial charge in [0.05, 0.1) is 19.3 Å². The van der Waals surface area contributed by atoms with Crippen molar-refractivity contribution in [3.63, 3.8) is 0 Å². The van der Waals surface area contributed by atoms with Crippen LogP contribution in [0.1, 0.15) is 24.4 Å². The predicted octanol–water partition coefficient (Wildman–Crippen LogP) is 1.92. The Morgan fingerprint density at radius 3 is 2.50 bits per heavy atom. The van der Waals surface area contributed by atoms with Crippen LogP contribution in [0.5, 0.6) is 0 Å². The maximum atomic E-state index is 5.95. The van der Waals surface area contributed by atoms with E-state index in [-0.39, 0.29) is 0 Å². The number of piperazine rings is 1. The SMILES string of the molecule is c1ccc([C@H]2COC[C@H]3CN(C4CCOCC4)CCN32)cc1. The molecule has 3 fully saturated rings. The largest absolute Gasteiger partial charge is 0.381 e. The molecule has 4 rings (SSSR count). The minimum absolute atomic E-state index is 0.428. The molecule has 3 aliphatic heterocycles. The molecule has 3 saturated heterocycles. The summed E-state index contributed by atoms with van der Waals surface area (Å²) >= 11 is 0. The van der Waals surface area contributed by atoms with Gasteiger partial charge in [0.15, 0.2) is 0 Å².